The fourth-order valence-electron chi connectivity index (χ4n) is 4.31. The molecule has 2 aromatic rings. The van der Waals surface area contributed by atoms with E-state index in [9.17, 15) is 19.2 Å². The summed E-state index contributed by atoms with van der Waals surface area (Å²) in [6, 6.07) is 11.8. The van der Waals surface area contributed by atoms with Gasteiger partial charge in [-0.25, -0.2) is 9.69 Å². The van der Waals surface area contributed by atoms with Crippen molar-refractivity contribution in [3.8, 4) is 0 Å². The second-order valence-electron chi connectivity index (χ2n) is 12.4. The number of carbonyl (C=O) groups excluding carboxylic acids is 4. The molecule has 1 aliphatic rings. The van der Waals surface area contributed by atoms with Crippen LogP contribution >= 0.6 is 15.9 Å². The molecule has 44 heavy (non-hydrogen) atoms. The molecule has 1 atom stereocenters. The van der Waals surface area contributed by atoms with Gasteiger partial charge in [-0.1, -0.05) is 48.8 Å². The van der Waals surface area contributed by atoms with E-state index in [2.05, 4.69) is 57.6 Å². The number of aliphatic imine (C=N–C) groups is 1. The van der Waals surface area contributed by atoms with Crippen LogP contribution in [0.4, 0.5) is 10.5 Å². The van der Waals surface area contributed by atoms with E-state index in [0.29, 0.717) is 30.3 Å². The number of halogens is 1. The number of esters is 1. The molecule has 0 fully saturated rings. The van der Waals surface area contributed by atoms with E-state index in [1.165, 1.54) is 4.90 Å². The summed E-state index contributed by atoms with van der Waals surface area (Å²) < 4.78 is 11.4. The second-order valence-corrected chi connectivity index (χ2v) is 13.3. The summed E-state index contributed by atoms with van der Waals surface area (Å²) in [7, 11) is 0. The van der Waals surface area contributed by atoms with Crippen molar-refractivity contribution in [1.29, 1.82) is 0 Å². The van der Waals surface area contributed by atoms with Gasteiger partial charge in [0.25, 0.3) is 5.91 Å². The van der Waals surface area contributed by atoms with Crippen LogP contribution in [0.5, 0.6) is 0 Å². The lowest BCUT2D eigenvalue weighted by Crippen LogP contribution is -2.41. The van der Waals surface area contributed by atoms with Crippen molar-refractivity contribution in [3.05, 3.63) is 63.6 Å². The zero-order valence-corrected chi connectivity index (χ0v) is 28.0. The molecule has 0 aliphatic carbocycles. The van der Waals surface area contributed by atoms with Gasteiger partial charge in [-0.15, -0.1) is 0 Å². The Bertz CT molecular complexity index is 1410. The standard InChI is InChI=1S/C32H42BrN5O6/c1-8-43-27(40)18-25(21-14-22(31(2,3)4)17-23(33)15-21)37-26(39)19-35-28(41)20-10-9-11-24(16-20)36-29-34-12-13-38(29)30(42)44-32(5,6)7/h9-11,14-17,25H,8,12-13,18-19H2,1-7H3,(H,34,36)(H,35,41)(H,37,39). The van der Waals surface area contributed by atoms with Crippen molar-refractivity contribution in [3.63, 3.8) is 0 Å². The third-order valence-corrected chi connectivity index (χ3v) is 6.90. The minimum absolute atomic E-state index is 0.0640. The van der Waals surface area contributed by atoms with E-state index in [-0.39, 0.29) is 25.0 Å². The van der Waals surface area contributed by atoms with Gasteiger partial charge < -0.3 is 25.4 Å². The molecule has 0 saturated heterocycles. The highest BCUT2D eigenvalue weighted by Gasteiger charge is 2.29. The third-order valence-electron chi connectivity index (χ3n) is 6.44. The van der Waals surface area contributed by atoms with Gasteiger partial charge in [0, 0.05) is 15.7 Å². The largest absolute Gasteiger partial charge is 0.466 e. The highest BCUT2D eigenvalue weighted by molar-refractivity contribution is 9.10. The zero-order chi connectivity index (χ0) is 32.7. The van der Waals surface area contributed by atoms with Crippen molar-refractivity contribution in [2.75, 3.05) is 31.6 Å². The van der Waals surface area contributed by atoms with E-state index < -0.39 is 35.5 Å². The molecule has 0 saturated carbocycles. The lowest BCUT2D eigenvalue weighted by atomic mass is 9.85. The summed E-state index contributed by atoms with van der Waals surface area (Å²) in [5.74, 6) is -1.06. The first kappa shape index (κ1) is 34.6. The van der Waals surface area contributed by atoms with Crippen molar-refractivity contribution in [1.82, 2.24) is 15.5 Å². The SMILES string of the molecule is CCOC(=O)CC(NC(=O)CNC(=O)c1cccc(NC2=NCCN2C(=O)OC(C)(C)C)c1)c1cc(Br)cc(C(C)(C)C)c1. The first-order chi connectivity index (χ1) is 20.6. The zero-order valence-electron chi connectivity index (χ0n) is 26.4. The number of carbonyl (C=O) groups is 4. The molecule has 0 bridgehead atoms. The molecule has 3 N–H and O–H groups in total. The van der Waals surface area contributed by atoms with E-state index in [1.807, 2.05) is 18.2 Å². The van der Waals surface area contributed by atoms with Crippen LogP contribution < -0.4 is 16.0 Å². The maximum absolute atomic E-state index is 13.0. The van der Waals surface area contributed by atoms with E-state index in [0.717, 1.165) is 15.6 Å². The number of ether oxygens (including phenoxy) is 2. The Morgan fingerprint density at radius 1 is 1.05 bits per heavy atom. The molecule has 3 rings (SSSR count). The Hall–Kier alpha value is -3.93. The molecule has 11 nitrogen and oxygen atoms in total. The van der Waals surface area contributed by atoms with Gasteiger partial charge in [0.1, 0.15) is 5.60 Å². The predicted octanol–water partition coefficient (Wildman–Crippen LogP) is 5.31. The number of hydrogen-bond donors (Lipinski definition) is 3. The topological polar surface area (TPSA) is 138 Å². The van der Waals surface area contributed by atoms with Gasteiger partial charge in [0.2, 0.25) is 11.9 Å². The Labute approximate surface area is 267 Å². The molecule has 0 aromatic heterocycles. The quantitative estimate of drug-likeness (QED) is 0.307. The van der Waals surface area contributed by atoms with Gasteiger partial charge in [-0.3, -0.25) is 19.4 Å². The van der Waals surface area contributed by atoms with Crippen molar-refractivity contribution < 1.29 is 28.7 Å². The fourth-order valence-corrected chi connectivity index (χ4v) is 4.82. The van der Waals surface area contributed by atoms with Gasteiger partial charge in [-0.05, 0) is 74.6 Å². The summed E-state index contributed by atoms with van der Waals surface area (Å²) in [6.45, 7) is 14.0. The highest BCUT2D eigenvalue weighted by atomic mass is 79.9. The fraction of sp³-hybridized carbons (Fsp3) is 0.469. The maximum Gasteiger partial charge on any atom is 0.417 e. The van der Waals surface area contributed by atoms with E-state index >= 15 is 0 Å². The van der Waals surface area contributed by atoms with E-state index in [1.54, 1.807) is 52.0 Å². The second kappa shape index (κ2) is 14.7. The molecule has 1 heterocycles. The van der Waals surface area contributed by atoms with Crippen LogP contribution in [-0.4, -0.2) is 66.6 Å². The van der Waals surface area contributed by atoms with Crippen molar-refractivity contribution in [2.45, 2.75) is 71.9 Å². The molecular weight excluding hydrogens is 630 g/mol. The van der Waals surface area contributed by atoms with Crippen molar-refractivity contribution in [2.24, 2.45) is 4.99 Å². The normalized spacial score (nSPS) is 13.9. The third kappa shape index (κ3) is 10.4. The minimum atomic E-state index is -0.662. The summed E-state index contributed by atoms with van der Waals surface area (Å²) in [5.41, 5.74) is 1.80. The lowest BCUT2D eigenvalue weighted by Gasteiger charge is -2.25. The summed E-state index contributed by atoms with van der Waals surface area (Å²) in [6.07, 6.45) is -0.578. The number of guanidine groups is 1. The number of amides is 3. The van der Waals surface area contributed by atoms with Crippen LogP contribution in [0, 0.1) is 0 Å². The molecule has 3 amide bonds. The number of nitrogens with zero attached hydrogens (tertiary/aromatic N) is 2. The number of nitrogens with one attached hydrogen (secondary N) is 3. The lowest BCUT2D eigenvalue weighted by molar-refractivity contribution is -0.143. The maximum atomic E-state index is 13.0. The Kier molecular flexibility index (Phi) is 11.5. The van der Waals surface area contributed by atoms with Crippen LogP contribution in [0.2, 0.25) is 0 Å². The molecule has 0 spiro atoms. The average Bonchev–Trinajstić information content (AvgIpc) is 3.38. The Balaban J connectivity index is 1.66. The monoisotopic (exact) mass is 671 g/mol. The predicted molar refractivity (Wildman–Crippen MR) is 173 cm³/mol. The van der Waals surface area contributed by atoms with Crippen LogP contribution in [0.1, 0.15) is 82.4 Å². The van der Waals surface area contributed by atoms with Gasteiger partial charge >= 0.3 is 12.1 Å². The van der Waals surface area contributed by atoms with Crippen LogP contribution in [-0.2, 0) is 24.5 Å². The van der Waals surface area contributed by atoms with Crippen molar-refractivity contribution >= 4 is 51.5 Å². The molecular formula is C32H42BrN5O6. The van der Waals surface area contributed by atoms with Crippen LogP contribution in [0.3, 0.4) is 0 Å². The number of hydrogen-bond acceptors (Lipinski definition) is 8. The van der Waals surface area contributed by atoms with Gasteiger partial charge in [-0.2, -0.15) is 0 Å². The molecule has 238 valence electrons. The number of rotatable bonds is 9. The Morgan fingerprint density at radius 2 is 1.77 bits per heavy atom. The van der Waals surface area contributed by atoms with Gasteiger partial charge in [0.15, 0.2) is 0 Å². The molecule has 2 aromatic carbocycles. The van der Waals surface area contributed by atoms with E-state index in [4.69, 9.17) is 9.47 Å². The minimum Gasteiger partial charge on any atom is -0.466 e. The number of anilines is 1. The molecule has 1 unspecified atom stereocenters. The summed E-state index contributed by atoms with van der Waals surface area (Å²) in [4.78, 5) is 56.7. The molecule has 1 aliphatic heterocycles. The highest BCUT2D eigenvalue weighted by Crippen LogP contribution is 2.30. The number of benzene rings is 2. The van der Waals surface area contributed by atoms with Gasteiger partial charge in [0.05, 0.1) is 38.7 Å². The summed E-state index contributed by atoms with van der Waals surface area (Å²) >= 11 is 3.54. The van der Waals surface area contributed by atoms with Crippen LogP contribution in [0.15, 0.2) is 51.9 Å². The Morgan fingerprint density at radius 3 is 2.43 bits per heavy atom. The average molecular weight is 673 g/mol. The smallest absolute Gasteiger partial charge is 0.417 e. The summed E-state index contributed by atoms with van der Waals surface area (Å²) in [5, 5.41) is 8.59. The first-order valence-corrected chi connectivity index (χ1v) is 15.3. The molecule has 12 heteroatoms. The first-order valence-electron chi connectivity index (χ1n) is 14.5. The molecule has 0 radical (unpaired) electrons. The van der Waals surface area contributed by atoms with Crippen LogP contribution in [0.25, 0.3) is 0 Å².